The minimum atomic E-state index is 1.06. The van der Waals surface area contributed by atoms with Crippen molar-refractivity contribution in [1.29, 1.82) is 0 Å². The average molecular weight is 385 g/mol. The third kappa shape index (κ3) is 3.65. The minimum Gasteiger partial charge on any atom is -0.0763 e. The van der Waals surface area contributed by atoms with E-state index in [1.165, 1.54) is 44.5 Å². The summed E-state index contributed by atoms with van der Waals surface area (Å²) in [7, 11) is 0. The Bertz CT molecular complexity index is 1210. The lowest BCUT2D eigenvalue weighted by Crippen LogP contribution is -1.96. The lowest BCUT2D eigenvalue weighted by Gasteiger charge is -2.19. The van der Waals surface area contributed by atoms with Crippen LogP contribution in [0.15, 0.2) is 121 Å². The molecule has 0 saturated carbocycles. The first kappa shape index (κ1) is 18.4. The van der Waals surface area contributed by atoms with Crippen LogP contribution < -0.4 is 0 Å². The van der Waals surface area contributed by atoms with E-state index in [0.717, 1.165) is 12.8 Å². The molecule has 1 aliphatic carbocycles. The molecular formula is C30H24. The maximum absolute atomic E-state index is 2.40. The summed E-state index contributed by atoms with van der Waals surface area (Å²) in [5.74, 6) is 0. The zero-order valence-corrected chi connectivity index (χ0v) is 17.0. The summed E-state index contributed by atoms with van der Waals surface area (Å²) < 4.78 is 0. The molecule has 0 bridgehead atoms. The summed E-state index contributed by atoms with van der Waals surface area (Å²) in [4.78, 5) is 0. The van der Waals surface area contributed by atoms with E-state index < -0.39 is 0 Å². The van der Waals surface area contributed by atoms with Crippen LogP contribution in [0, 0.1) is 0 Å². The molecule has 0 spiro atoms. The summed E-state index contributed by atoms with van der Waals surface area (Å²) >= 11 is 0. The summed E-state index contributed by atoms with van der Waals surface area (Å²) in [5, 5.41) is 0. The van der Waals surface area contributed by atoms with Gasteiger partial charge in [-0.1, -0.05) is 121 Å². The zero-order valence-electron chi connectivity index (χ0n) is 17.0. The van der Waals surface area contributed by atoms with Crippen LogP contribution in [0.5, 0.6) is 0 Å². The van der Waals surface area contributed by atoms with Gasteiger partial charge in [0.05, 0.1) is 0 Å². The van der Waals surface area contributed by atoms with Gasteiger partial charge in [0.2, 0.25) is 0 Å². The molecule has 0 heteroatoms. The van der Waals surface area contributed by atoms with Crippen LogP contribution in [0.25, 0.3) is 33.4 Å². The van der Waals surface area contributed by atoms with E-state index in [1.807, 2.05) is 0 Å². The molecule has 0 aromatic heterocycles. The highest BCUT2D eigenvalue weighted by molar-refractivity contribution is 5.93. The number of allylic oxidation sites excluding steroid dienone is 4. The summed E-state index contributed by atoms with van der Waals surface area (Å²) in [5.41, 5.74) is 10.5. The van der Waals surface area contributed by atoms with E-state index in [0.29, 0.717) is 0 Å². The van der Waals surface area contributed by atoms with Gasteiger partial charge < -0.3 is 0 Å². The fourth-order valence-electron chi connectivity index (χ4n) is 4.34. The summed E-state index contributed by atoms with van der Waals surface area (Å²) in [6.07, 6.45) is 6.91. The van der Waals surface area contributed by atoms with Gasteiger partial charge in [-0.3, -0.25) is 0 Å². The summed E-state index contributed by atoms with van der Waals surface area (Å²) in [6, 6.07) is 38.9. The number of hydrogen-bond donors (Lipinski definition) is 0. The van der Waals surface area contributed by atoms with Crippen LogP contribution in [0.3, 0.4) is 0 Å². The van der Waals surface area contributed by atoms with Crippen LogP contribution in [0.4, 0.5) is 0 Å². The third-order valence-corrected chi connectivity index (χ3v) is 5.79. The number of benzene rings is 4. The van der Waals surface area contributed by atoms with Gasteiger partial charge in [-0.05, 0) is 57.4 Å². The van der Waals surface area contributed by atoms with E-state index in [2.05, 4.69) is 121 Å². The highest BCUT2D eigenvalue weighted by Crippen LogP contribution is 2.38. The maximum atomic E-state index is 2.40. The average Bonchev–Trinajstić information content (AvgIpc) is 2.85. The van der Waals surface area contributed by atoms with Crippen molar-refractivity contribution in [2.45, 2.75) is 12.8 Å². The van der Waals surface area contributed by atoms with Gasteiger partial charge >= 0.3 is 0 Å². The Morgan fingerprint density at radius 3 is 1.50 bits per heavy atom. The second-order valence-corrected chi connectivity index (χ2v) is 7.69. The highest BCUT2D eigenvalue weighted by Gasteiger charge is 2.15. The predicted molar refractivity (Wildman–Crippen MR) is 129 cm³/mol. The molecule has 0 fully saturated rings. The van der Waals surface area contributed by atoms with E-state index in [1.54, 1.807) is 0 Å². The molecule has 4 aromatic carbocycles. The van der Waals surface area contributed by atoms with Gasteiger partial charge in [0.1, 0.15) is 0 Å². The Morgan fingerprint density at radius 1 is 0.433 bits per heavy atom. The van der Waals surface area contributed by atoms with E-state index in [4.69, 9.17) is 0 Å². The van der Waals surface area contributed by atoms with Gasteiger partial charge in [0.25, 0.3) is 0 Å². The van der Waals surface area contributed by atoms with Crippen LogP contribution in [0.1, 0.15) is 24.0 Å². The molecule has 1 aliphatic rings. The van der Waals surface area contributed by atoms with Gasteiger partial charge in [-0.15, -0.1) is 0 Å². The Morgan fingerprint density at radius 2 is 0.900 bits per heavy atom. The Labute approximate surface area is 178 Å². The number of rotatable bonds is 4. The Balaban J connectivity index is 1.59. The zero-order chi connectivity index (χ0) is 20.2. The fourth-order valence-corrected chi connectivity index (χ4v) is 4.34. The van der Waals surface area contributed by atoms with Crippen LogP contribution >= 0.6 is 0 Å². The topological polar surface area (TPSA) is 0 Å². The second kappa shape index (κ2) is 8.39. The Kier molecular flexibility index (Phi) is 5.14. The molecule has 0 aliphatic heterocycles. The monoisotopic (exact) mass is 384 g/mol. The largest absolute Gasteiger partial charge is 0.0763 e. The van der Waals surface area contributed by atoms with E-state index >= 15 is 0 Å². The lowest BCUT2D eigenvalue weighted by molar-refractivity contribution is 1.06. The molecule has 0 nitrogen and oxygen atoms in total. The van der Waals surface area contributed by atoms with Crippen molar-refractivity contribution in [2.75, 3.05) is 0 Å². The van der Waals surface area contributed by atoms with Crippen LogP contribution in [0.2, 0.25) is 0 Å². The van der Waals surface area contributed by atoms with Crippen LogP contribution in [-0.4, -0.2) is 0 Å². The van der Waals surface area contributed by atoms with Crippen molar-refractivity contribution in [2.24, 2.45) is 0 Å². The van der Waals surface area contributed by atoms with Crippen molar-refractivity contribution < 1.29 is 0 Å². The second-order valence-electron chi connectivity index (χ2n) is 7.69. The fraction of sp³-hybridized carbons (Fsp3) is 0.0667. The van der Waals surface area contributed by atoms with Crippen molar-refractivity contribution >= 4 is 11.1 Å². The normalized spacial score (nSPS) is 13.5. The van der Waals surface area contributed by atoms with Crippen molar-refractivity contribution in [3.05, 3.63) is 132 Å². The van der Waals surface area contributed by atoms with Crippen LogP contribution in [-0.2, 0) is 0 Å². The lowest BCUT2D eigenvalue weighted by atomic mass is 9.85. The van der Waals surface area contributed by atoms with Gasteiger partial charge in [-0.2, -0.15) is 0 Å². The Hall–Kier alpha value is -3.64. The molecule has 0 heterocycles. The molecule has 0 saturated heterocycles. The van der Waals surface area contributed by atoms with Gasteiger partial charge in [0, 0.05) is 0 Å². The standard InChI is InChI=1S/C30H24/c1-3-12-23(13-4-1)27-18-7-9-20-29(27)25-16-11-17-26(22-25)30-21-10-8-19-28(30)24-14-5-2-6-15-24/h1-10,12-16,18-22H,11,17H2. The smallest absolute Gasteiger partial charge is 0.0106 e. The molecule has 0 amide bonds. The predicted octanol–water partition coefficient (Wildman–Crippen LogP) is 8.28. The van der Waals surface area contributed by atoms with Crippen molar-refractivity contribution in [1.82, 2.24) is 0 Å². The molecule has 5 rings (SSSR count). The third-order valence-electron chi connectivity index (χ3n) is 5.79. The van der Waals surface area contributed by atoms with Gasteiger partial charge in [0.15, 0.2) is 0 Å². The minimum absolute atomic E-state index is 1.06. The first-order valence-corrected chi connectivity index (χ1v) is 10.6. The molecule has 30 heavy (non-hydrogen) atoms. The van der Waals surface area contributed by atoms with Crippen molar-refractivity contribution in [3.63, 3.8) is 0 Å². The first-order valence-electron chi connectivity index (χ1n) is 10.6. The number of hydrogen-bond acceptors (Lipinski definition) is 0. The SMILES string of the molecule is C1=C(c2ccccc2-c2ccccc2)C=C(c2ccccc2-c2ccccc2)CC1. The molecule has 0 atom stereocenters. The molecule has 4 aromatic rings. The van der Waals surface area contributed by atoms with E-state index in [-0.39, 0.29) is 0 Å². The molecular weight excluding hydrogens is 360 g/mol. The molecule has 0 radical (unpaired) electrons. The molecule has 0 unspecified atom stereocenters. The molecule has 0 N–H and O–H groups in total. The maximum Gasteiger partial charge on any atom is -0.0106 e. The molecule has 144 valence electrons. The highest BCUT2D eigenvalue weighted by atomic mass is 14.2. The van der Waals surface area contributed by atoms with Gasteiger partial charge in [-0.25, -0.2) is 0 Å². The first-order chi connectivity index (χ1) is 14.9. The van der Waals surface area contributed by atoms with E-state index in [9.17, 15) is 0 Å². The summed E-state index contributed by atoms with van der Waals surface area (Å²) in [6.45, 7) is 0. The quantitative estimate of drug-likeness (QED) is 0.332. The van der Waals surface area contributed by atoms with Crippen molar-refractivity contribution in [3.8, 4) is 22.3 Å².